The molecule has 0 bridgehead atoms. The van der Waals surface area contributed by atoms with Crippen molar-refractivity contribution in [2.45, 2.75) is 44.4 Å². The molecule has 1 aromatic rings. The number of amides is 2. The normalized spacial score (nSPS) is 22.3. The predicted octanol–water partition coefficient (Wildman–Crippen LogP) is 2.18. The number of urea groups is 1. The van der Waals surface area contributed by atoms with Gasteiger partial charge in [0.15, 0.2) is 0 Å². The van der Waals surface area contributed by atoms with Crippen LogP contribution in [0.15, 0.2) is 24.5 Å². The highest BCUT2D eigenvalue weighted by Crippen LogP contribution is 2.21. The highest BCUT2D eigenvalue weighted by atomic mass is 16.5. The van der Waals surface area contributed by atoms with E-state index < -0.39 is 0 Å². The van der Waals surface area contributed by atoms with Crippen molar-refractivity contribution < 1.29 is 9.53 Å². The first-order valence-corrected chi connectivity index (χ1v) is 7.14. The van der Waals surface area contributed by atoms with E-state index in [2.05, 4.69) is 10.3 Å². The molecule has 0 saturated heterocycles. The van der Waals surface area contributed by atoms with Gasteiger partial charge in [0, 0.05) is 33.1 Å². The molecule has 1 aliphatic carbocycles. The van der Waals surface area contributed by atoms with Crippen molar-refractivity contribution in [1.29, 1.82) is 0 Å². The Kier molecular flexibility index (Phi) is 5.35. The maximum absolute atomic E-state index is 12.2. The molecule has 2 atom stereocenters. The summed E-state index contributed by atoms with van der Waals surface area (Å²) < 4.78 is 5.46. The number of methoxy groups -OCH3 is 1. The second-order valence-electron chi connectivity index (χ2n) is 5.33. The van der Waals surface area contributed by atoms with Gasteiger partial charge in [-0.3, -0.25) is 4.98 Å². The van der Waals surface area contributed by atoms with Crippen LogP contribution in [0.1, 0.15) is 31.2 Å². The van der Waals surface area contributed by atoms with Gasteiger partial charge in [-0.15, -0.1) is 0 Å². The van der Waals surface area contributed by atoms with Crippen molar-refractivity contribution in [3.63, 3.8) is 0 Å². The van der Waals surface area contributed by atoms with E-state index in [9.17, 15) is 4.79 Å². The minimum absolute atomic E-state index is 0.0456. The van der Waals surface area contributed by atoms with Crippen LogP contribution in [0.5, 0.6) is 0 Å². The van der Waals surface area contributed by atoms with Gasteiger partial charge in [-0.1, -0.05) is 12.8 Å². The van der Waals surface area contributed by atoms with Crippen LogP contribution >= 0.6 is 0 Å². The summed E-state index contributed by atoms with van der Waals surface area (Å²) in [5.74, 6) is 0. The predicted molar refractivity (Wildman–Crippen MR) is 77.3 cm³/mol. The van der Waals surface area contributed by atoms with Gasteiger partial charge >= 0.3 is 6.03 Å². The van der Waals surface area contributed by atoms with Crippen LogP contribution < -0.4 is 5.32 Å². The minimum Gasteiger partial charge on any atom is -0.379 e. The Bertz CT molecular complexity index is 424. The van der Waals surface area contributed by atoms with E-state index >= 15 is 0 Å². The van der Waals surface area contributed by atoms with Crippen LogP contribution in [-0.4, -0.2) is 42.2 Å². The zero-order valence-electron chi connectivity index (χ0n) is 12.2. The summed E-state index contributed by atoms with van der Waals surface area (Å²) >= 11 is 0. The number of pyridine rings is 1. The molecule has 1 aromatic heterocycles. The molecule has 0 aromatic carbocycles. The second-order valence-corrected chi connectivity index (χ2v) is 5.33. The van der Waals surface area contributed by atoms with Crippen molar-refractivity contribution in [3.05, 3.63) is 30.1 Å². The number of nitrogens with zero attached hydrogens (tertiary/aromatic N) is 2. The van der Waals surface area contributed by atoms with Gasteiger partial charge in [0.2, 0.25) is 0 Å². The highest BCUT2D eigenvalue weighted by molar-refractivity contribution is 5.74. The first kappa shape index (κ1) is 14.8. The maximum atomic E-state index is 12.2. The lowest BCUT2D eigenvalue weighted by Gasteiger charge is -2.32. The third-order valence-corrected chi connectivity index (χ3v) is 3.83. The molecular weight excluding hydrogens is 254 g/mol. The number of hydrogen-bond acceptors (Lipinski definition) is 3. The molecule has 2 rings (SSSR count). The Labute approximate surface area is 120 Å². The Morgan fingerprint density at radius 3 is 2.80 bits per heavy atom. The molecular formula is C15H23N3O2. The largest absolute Gasteiger partial charge is 0.379 e. The van der Waals surface area contributed by atoms with Crippen LogP contribution in [-0.2, 0) is 11.3 Å². The Hall–Kier alpha value is -1.62. The average Bonchev–Trinajstić information content (AvgIpc) is 2.48. The van der Waals surface area contributed by atoms with Gasteiger partial charge in [-0.05, 0) is 30.5 Å². The topological polar surface area (TPSA) is 54.5 Å². The lowest BCUT2D eigenvalue weighted by molar-refractivity contribution is 0.0434. The summed E-state index contributed by atoms with van der Waals surface area (Å²) in [5, 5.41) is 3.09. The average molecular weight is 277 g/mol. The molecule has 0 spiro atoms. The van der Waals surface area contributed by atoms with Crippen LogP contribution in [0.4, 0.5) is 4.79 Å². The maximum Gasteiger partial charge on any atom is 0.317 e. The molecule has 0 unspecified atom stereocenters. The molecule has 5 heteroatoms. The molecule has 2 amide bonds. The van der Waals surface area contributed by atoms with Crippen LogP contribution in [0.2, 0.25) is 0 Å². The molecule has 1 aliphatic rings. The van der Waals surface area contributed by atoms with E-state index in [-0.39, 0.29) is 18.2 Å². The third kappa shape index (κ3) is 3.93. The van der Waals surface area contributed by atoms with Crippen molar-refractivity contribution >= 4 is 6.03 Å². The lowest BCUT2D eigenvalue weighted by Crippen LogP contribution is -2.49. The second kappa shape index (κ2) is 7.24. The number of carbonyl (C=O) groups is 1. The van der Waals surface area contributed by atoms with Crippen LogP contribution in [0.25, 0.3) is 0 Å². The van der Waals surface area contributed by atoms with E-state index in [0.717, 1.165) is 24.8 Å². The smallest absolute Gasteiger partial charge is 0.317 e. The zero-order chi connectivity index (χ0) is 14.4. The Morgan fingerprint density at radius 1 is 1.40 bits per heavy atom. The van der Waals surface area contributed by atoms with Crippen molar-refractivity contribution in [2.75, 3.05) is 14.2 Å². The van der Waals surface area contributed by atoms with Gasteiger partial charge in [0.05, 0.1) is 12.1 Å². The van der Waals surface area contributed by atoms with Gasteiger partial charge in [-0.2, -0.15) is 0 Å². The highest BCUT2D eigenvalue weighted by Gasteiger charge is 2.27. The fourth-order valence-corrected chi connectivity index (χ4v) is 2.65. The van der Waals surface area contributed by atoms with Crippen molar-refractivity contribution in [1.82, 2.24) is 15.2 Å². The van der Waals surface area contributed by atoms with E-state index in [1.54, 1.807) is 31.5 Å². The van der Waals surface area contributed by atoms with E-state index in [1.165, 1.54) is 6.42 Å². The fourth-order valence-electron chi connectivity index (χ4n) is 2.65. The molecule has 1 saturated carbocycles. The molecule has 20 heavy (non-hydrogen) atoms. The third-order valence-electron chi connectivity index (χ3n) is 3.83. The molecule has 0 aliphatic heterocycles. The number of nitrogens with one attached hydrogen (secondary N) is 1. The minimum atomic E-state index is -0.0456. The van der Waals surface area contributed by atoms with Gasteiger partial charge in [0.1, 0.15) is 0 Å². The van der Waals surface area contributed by atoms with Crippen molar-refractivity contribution in [3.8, 4) is 0 Å². The van der Waals surface area contributed by atoms with Crippen molar-refractivity contribution in [2.24, 2.45) is 0 Å². The van der Waals surface area contributed by atoms with Crippen LogP contribution in [0.3, 0.4) is 0 Å². The lowest BCUT2D eigenvalue weighted by atomic mass is 9.92. The van der Waals surface area contributed by atoms with Gasteiger partial charge in [-0.25, -0.2) is 4.79 Å². The first-order chi connectivity index (χ1) is 9.70. The number of hydrogen-bond donors (Lipinski definition) is 1. The SMILES string of the molecule is CO[C@H]1CCCC[C@H]1NC(=O)N(C)Cc1ccncc1. The Balaban J connectivity index is 1.87. The fraction of sp³-hybridized carbons (Fsp3) is 0.600. The molecule has 5 nitrogen and oxygen atoms in total. The van der Waals surface area contributed by atoms with Crippen LogP contribution in [0, 0.1) is 0 Å². The summed E-state index contributed by atoms with van der Waals surface area (Å²) in [7, 11) is 3.52. The summed E-state index contributed by atoms with van der Waals surface area (Å²) in [4.78, 5) is 17.9. The van der Waals surface area contributed by atoms with Gasteiger partial charge in [0.25, 0.3) is 0 Å². The monoisotopic (exact) mass is 277 g/mol. The molecule has 0 radical (unpaired) electrons. The number of rotatable bonds is 4. The summed E-state index contributed by atoms with van der Waals surface area (Å²) in [5.41, 5.74) is 1.07. The quantitative estimate of drug-likeness (QED) is 0.917. The summed E-state index contributed by atoms with van der Waals surface area (Å²) in [6.45, 7) is 0.582. The van der Waals surface area contributed by atoms with E-state index in [1.807, 2.05) is 12.1 Å². The molecule has 1 N–H and O–H groups in total. The Morgan fingerprint density at radius 2 is 2.10 bits per heavy atom. The first-order valence-electron chi connectivity index (χ1n) is 7.14. The number of aromatic nitrogens is 1. The summed E-state index contributed by atoms with van der Waals surface area (Å²) in [6.07, 6.45) is 7.97. The molecule has 1 heterocycles. The van der Waals surface area contributed by atoms with Gasteiger partial charge < -0.3 is 15.0 Å². The zero-order valence-corrected chi connectivity index (χ0v) is 12.2. The van der Waals surface area contributed by atoms with E-state index in [4.69, 9.17) is 4.74 Å². The summed E-state index contributed by atoms with van der Waals surface area (Å²) in [6, 6.07) is 3.92. The molecule has 1 fully saturated rings. The molecule has 110 valence electrons. The number of carbonyl (C=O) groups excluding carboxylic acids is 1. The van der Waals surface area contributed by atoms with E-state index in [0.29, 0.717) is 6.54 Å². The number of ether oxygens (including phenoxy) is 1. The standard InChI is InChI=1S/C15H23N3O2/c1-18(11-12-7-9-16-10-8-12)15(19)17-13-5-3-4-6-14(13)20-2/h7-10,13-14H,3-6,11H2,1-2H3,(H,17,19)/t13-,14+/m1/s1.